The number of amides is 1. The molecule has 1 N–H and O–H groups in total. The topological polar surface area (TPSA) is 32.3 Å². The second-order valence-electron chi connectivity index (χ2n) is 6.36. The largest absolute Gasteiger partial charge is 0.321 e. The van der Waals surface area contributed by atoms with Gasteiger partial charge in [-0.15, -0.1) is 0 Å². The molecule has 1 amide bonds. The first-order chi connectivity index (χ1) is 9.66. The molecule has 1 heterocycles. The monoisotopic (exact) mass is 272 g/mol. The van der Waals surface area contributed by atoms with Gasteiger partial charge in [-0.05, 0) is 30.7 Å². The molecule has 108 valence electrons. The highest BCUT2D eigenvalue weighted by molar-refractivity contribution is 5.84. The highest BCUT2D eigenvalue weighted by atomic mass is 16.2. The third-order valence-electron chi connectivity index (χ3n) is 4.96. The van der Waals surface area contributed by atoms with Crippen LogP contribution < -0.4 is 5.32 Å². The van der Waals surface area contributed by atoms with Crippen molar-refractivity contribution in [3.8, 4) is 0 Å². The van der Waals surface area contributed by atoms with Crippen LogP contribution in [0.4, 0.5) is 0 Å². The maximum atomic E-state index is 12.4. The maximum Gasteiger partial charge on any atom is 0.241 e. The van der Waals surface area contributed by atoms with Crippen molar-refractivity contribution < 1.29 is 4.79 Å². The van der Waals surface area contributed by atoms with Gasteiger partial charge in [0, 0.05) is 6.54 Å². The van der Waals surface area contributed by atoms with E-state index in [9.17, 15) is 4.79 Å². The molecule has 0 bridgehead atoms. The van der Waals surface area contributed by atoms with Crippen molar-refractivity contribution in [2.45, 2.75) is 45.3 Å². The van der Waals surface area contributed by atoms with Crippen LogP contribution in [0.5, 0.6) is 0 Å². The van der Waals surface area contributed by atoms with Crippen LogP contribution in [0, 0.1) is 11.8 Å². The third-order valence-corrected chi connectivity index (χ3v) is 4.96. The molecule has 1 aliphatic heterocycles. The molecule has 1 aromatic carbocycles. The predicted octanol–water partition coefficient (Wildman–Crippen LogP) is 2.94. The molecule has 3 heteroatoms. The molecule has 3 nitrogen and oxygen atoms in total. The molecule has 1 saturated carbocycles. The van der Waals surface area contributed by atoms with E-state index in [0.717, 1.165) is 12.5 Å². The molecule has 0 aromatic heterocycles. The van der Waals surface area contributed by atoms with E-state index in [4.69, 9.17) is 0 Å². The summed E-state index contributed by atoms with van der Waals surface area (Å²) in [7, 11) is 0. The van der Waals surface area contributed by atoms with Crippen LogP contribution in [0.3, 0.4) is 0 Å². The summed E-state index contributed by atoms with van der Waals surface area (Å²) in [6, 6.07) is 10.2. The Hall–Kier alpha value is -1.35. The molecular formula is C17H24N2O. The number of nitrogens with one attached hydrogen (secondary N) is 1. The Morgan fingerprint density at radius 3 is 2.60 bits per heavy atom. The van der Waals surface area contributed by atoms with Gasteiger partial charge in [0.1, 0.15) is 6.17 Å². The molecule has 2 fully saturated rings. The molecule has 1 saturated heterocycles. The Morgan fingerprint density at radius 1 is 1.20 bits per heavy atom. The Labute approximate surface area is 121 Å². The van der Waals surface area contributed by atoms with Gasteiger partial charge in [0.15, 0.2) is 0 Å². The van der Waals surface area contributed by atoms with E-state index in [-0.39, 0.29) is 18.1 Å². The van der Waals surface area contributed by atoms with Gasteiger partial charge < -0.3 is 4.90 Å². The zero-order valence-corrected chi connectivity index (χ0v) is 12.4. The van der Waals surface area contributed by atoms with Gasteiger partial charge in [0.2, 0.25) is 5.91 Å². The van der Waals surface area contributed by atoms with Gasteiger partial charge in [-0.3, -0.25) is 10.1 Å². The minimum absolute atomic E-state index is 0.0477. The first-order valence-corrected chi connectivity index (χ1v) is 7.78. The van der Waals surface area contributed by atoms with Gasteiger partial charge in [0.25, 0.3) is 0 Å². The second kappa shape index (κ2) is 5.57. The number of carbonyl (C=O) groups is 1. The summed E-state index contributed by atoms with van der Waals surface area (Å²) in [6.45, 7) is 5.19. The standard InChI is InChI=1S/C17H24N2O/c1-12-7-6-10-15(12)11-19-16(18-13(2)17(19)20)14-8-4-3-5-9-14/h3-5,8-9,12-13,15-16,18H,6-7,10-11H2,1-2H3. The molecule has 2 aliphatic rings. The fraction of sp³-hybridized carbons (Fsp3) is 0.588. The van der Waals surface area contributed by atoms with E-state index < -0.39 is 0 Å². The van der Waals surface area contributed by atoms with E-state index in [2.05, 4.69) is 29.3 Å². The highest BCUT2D eigenvalue weighted by Crippen LogP contribution is 2.35. The average Bonchev–Trinajstić information content (AvgIpc) is 2.99. The summed E-state index contributed by atoms with van der Waals surface area (Å²) < 4.78 is 0. The van der Waals surface area contributed by atoms with Crippen molar-refractivity contribution in [1.29, 1.82) is 0 Å². The van der Waals surface area contributed by atoms with Gasteiger partial charge in [-0.2, -0.15) is 0 Å². The Balaban J connectivity index is 1.80. The third kappa shape index (κ3) is 2.47. The molecule has 0 spiro atoms. The molecule has 0 radical (unpaired) electrons. The SMILES string of the molecule is CC1NC(c2ccccc2)N(CC2CCCC2C)C1=O. The van der Waals surface area contributed by atoms with Gasteiger partial charge in [-0.25, -0.2) is 0 Å². The lowest BCUT2D eigenvalue weighted by Crippen LogP contribution is -2.35. The van der Waals surface area contributed by atoms with Crippen LogP contribution in [0.25, 0.3) is 0 Å². The summed E-state index contributed by atoms with van der Waals surface area (Å²) in [5.41, 5.74) is 1.19. The number of rotatable bonds is 3. The maximum absolute atomic E-state index is 12.4. The quantitative estimate of drug-likeness (QED) is 0.917. The Kier molecular flexibility index (Phi) is 3.79. The minimum Gasteiger partial charge on any atom is -0.321 e. The Morgan fingerprint density at radius 2 is 1.95 bits per heavy atom. The molecule has 3 rings (SSSR count). The van der Waals surface area contributed by atoms with Crippen molar-refractivity contribution >= 4 is 5.91 Å². The smallest absolute Gasteiger partial charge is 0.241 e. The molecular weight excluding hydrogens is 248 g/mol. The van der Waals surface area contributed by atoms with Crippen LogP contribution in [-0.2, 0) is 4.79 Å². The fourth-order valence-corrected chi connectivity index (χ4v) is 3.63. The molecule has 4 unspecified atom stereocenters. The van der Waals surface area contributed by atoms with E-state index in [1.807, 2.05) is 25.1 Å². The zero-order valence-electron chi connectivity index (χ0n) is 12.4. The number of hydrogen-bond acceptors (Lipinski definition) is 2. The molecule has 1 aliphatic carbocycles. The van der Waals surface area contributed by atoms with Crippen LogP contribution in [0.15, 0.2) is 30.3 Å². The number of hydrogen-bond donors (Lipinski definition) is 1. The number of carbonyl (C=O) groups excluding carboxylic acids is 1. The van der Waals surface area contributed by atoms with Crippen LogP contribution in [-0.4, -0.2) is 23.4 Å². The second-order valence-corrected chi connectivity index (χ2v) is 6.36. The average molecular weight is 272 g/mol. The normalized spacial score (nSPS) is 33.9. The fourth-order valence-electron chi connectivity index (χ4n) is 3.63. The minimum atomic E-state index is -0.0723. The number of benzene rings is 1. The lowest BCUT2D eigenvalue weighted by Gasteiger charge is -2.29. The lowest BCUT2D eigenvalue weighted by atomic mass is 9.97. The van der Waals surface area contributed by atoms with Gasteiger partial charge in [0.05, 0.1) is 6.04 Å². The van der Waals surface area contributed by atoms with Gasteiger partial charge >= 0.3 is 0 Å². The first kappa shape index (κ1) is 13.6. The van der Waals surface area contributed by atoms with Gasteiger partial charge in [-0.1, -0.05) is 50.1 Å². The van der Waals surface area contributed by atoms with Crippen molar-refractivity contribution in [3.05, 3.63) is 35.9 Å². The van der Waals surface area contributed by atoms with Crippen LogP contribution in [0.1, 0.15) is 44.8 Å². The Bertz CT molecular complexity index is 473. The van der Waals surface area contributed by atoms with E-state index in [1.54, 1.807) is 0 Å². The molecule has 4 atom stereocenters. The van der Waals surface area contributed by atoms with E-state index in [0.29, 0.717) is 5.92 Å². The van der Waals surface area contributed by atoms with Crippen molar-refractivity contribution in [1.82, 2.24) is 10.2 Å². The van der Waals surface area contributed by atoms with Crippen LogP contribution in [0.2, 0.25) is 0 Å². The van der Waals surface area contributed by atoms with E-state index >= 15 is 0 Å². The van der Waals surface area contributed by atoms with Crippen molar-refractivity contribution in [2.24, 2.45) is 11.8 Å². The highest BCUT2D eigenvalue weighted by Gasteiger charge is 2.39. The summed E-state index contributed by atoms with van der Waals surface area (Å²) in [4.78, 5) is 14.5. The summed E-state index contributed by atoms with van der Waals surface area (Å²) in [6.07, 6.45) is 3.94. The summed E-state index contributed by atoms with van der Waals surface area (Å²) in [5, 5.41) is 3.44. The molecule has 1 aromatic rings. The summed E-state index contributed by atoms with van der Waals surface area (Å²) >= 11 is 0. The van der Waals surface area contributed by atoms with E-state index in [1.165, 1.54) is 24.8 Å². The van der Waals surface area contributed by atoms with Crippen molar-refractivity contribution in [3.63, 3.8) is 0 Å². The predicted molar refractivity (Wildman–Crippen MR) is 80.0 cm³/mol. The lowest BCUT2D eigenvalue weighted by molar-refractivity contribution is -0.130. The zero-order chi connectivity index (χ0) is 14.1. The first-order valence-electron chi connectivity index (χ1n) is 7.78. The van der Waals surface area contributed by atoms with Crippen molar-refractivity contribution in [2.75, 3.05) is 6.54 Å². The number of nitrogens with zero attached hydrogens (tertiary/aromatic N) is 1. The summed E-state index contributed by atoms with van der Waals surface area (Å²) in [5.74, 6) is 1.66. The van der Waals surface area contributed by atoms with Crippen LogP contribution >= 0.6 is 0 Å². The molecule has 20 heavy (non-hydrogen) atoms.